The first kappa shape index (κ1) is 11.6. The van der Waals surface area contributed by atoms with Crippen LogP contribution in [0.25, 0.3) is 0 Å². The Balaban J connectivity index is 2.26. The van der Waals surface area contributed by atoms with E-state index in [-0.39, 0.29) is 23.4 Å². The molecule has 1 amide bonds. The standard InChI is InChI=1S/C12H14N2O3/c1-14(2)12(16)9-5-6-11(10(7-15)13-9)17-8-3-4-8/h5-8H,3-4H2,1-2H3. The van der Waals surface area contributed by atoms with Gasteiger partial charge in [-0.2, -0.15) is 0 Å². The van der Waals surface area contributed by atoms with E-state index in [2.05, 4.69) is 4.98 Å². The summed E-state index contributed by atoms with van der Waals surface area (Å²) in [6.45, 7) is 0. The molecule has 2 rings (SSSR count). The van der Waals surface area contributed by atoms with Gasteiger partial charge in [-0.3, -0.25) is 9.59 Å². The molecule has 0 N–H and O–H groups in total. The third-order valence-electron chi connectivity index (χ3n) is 2.44. The van der Waals surface area contributed by atoms with Gasteiger partial charge in [0.15, 0.2) is 6.29 Å². The normalized spacial score (nSPS) is 14.2. The molecular weight excluding hydrogens is 220 g/mol. The SMILES string of the molecule is CN(C)C(=O)c1ccc(OC2CC2)c(C=O)n1. The van der Waals surface area contributed by atoms with Gasteiger partial charge in [-0.25, -0.2) is 4.98 Å². The van der Waals surface area contributed by atoms with Crippen molar-refractivity contribution in [1.29, 1.82) is 0 Å². The van der Waals surface area contributed by atoms with Crippen molar-refractivity contribution in [3.63, 3.8) is 0 Å². The highest BCUT2D eigenvalue weighted by molar-refractivity contribution is 5.93. The smallest absolute Gasteiger partial charge is 0.271 e. The van der Waals surface area contributed by atoms with Gasteiger partial charge in [0.1, 0.15) is 17.1 Å². The Kier molecular flexibility index (Phi) is 3.08. The van der Waals surface area contributed by atoms with Crippen LogP contribution < -0.4 is 4.74 Å². The molecule has 1 saturated carbocycles. The Morgan fingerprint density at radius 2 is 2.18 bits per heavy atom. The van der Waals surface area contributed by atoms with Gasteiger partial charge in [-0.15, -0.1) is 0 Å². The lowest BCUT2D eigenvalue weighted by molar-refractivity contribution is 0.0822. The van der Waals surface area contributed by atoms with Gasteiger partial charge in [-0.05, 0) is 25.0 Å². The molecule has 1 aliphatic carbocycles. The zero-order valence-corrected chi connectivity index (χ0v) is 9.84. The summed E-state index contributed by atoms with van der Waals surface area (Å²) in [7, 11) is 3.28. The number of aromatic nitrogens is 1. The van der Waals surface area contributed by atoms with Crippen molar-refractivity contribution in [1.82, 2.24) is 9.88 Å². The van der Waals surface area contributed by atoms with E-state index in [1.165, 1.54) is 4.90 Å². The average molecular weight is 234 g/mol. The van der Waals surface area contributed by atoms with E-state index in [1.807, 2.05) is 0 Å². The van der Waals surface area contributed by atoms with Crippen molar-refractivity contribution in [2.24, 2.45) is 0 Å². The summed E-state index contributed by atoms with van der Waals surface area (Å²) in [4.78, 5) is 28.0. The Morgan fingerprint density at radius 1 is 1.47 bits per heavy atom. The Bertz CT molecular complexity index is 453. The molecule has 1 heterocycles. The van der Waals surface area contributed by atoms with Gasteiger partial charge in [0.2, 0.25) is 0 Å². The highest BCUT2D eigenvalue weighted by atomic mass is 16.5. The van der Waals surface area contributed by atoms with Crippen molar-refractivity contribution >= 4 is 12.2 Å². The quantitative estimate of drug-likeness (QED) is 0.733. The summed E-state index contributed by atoms with van der Waals surface area (Å²) in [6.07, 6.45) is 2.84. The summed E-state index contributed by atoms with van der Waals surface area (Å²) >= 11 is 0. The van der Waals surface area contributed by atoms with E-state index in [0.29, 0.717) is 12.0 Å². The third kappa shape index (κ3) is 2.61. The lowest BCUT2D eigenvalue weighted by Gasteiger charge is -2.11. The molecule has 1 aliphatic rings. The van der Waals surface area contributed by atoms with Gasteiger partial charge in [0.25, 0.3) is 5.91 Å². The van der Waals surface area contributed by atoms with Gasteiger partial charge in [0.05, 0.1) is 6.10 Å². The third-order valence-corrected chi connectivity index (χ3v) is 2.44. The lowest BCUT2D eigenvalue weighted by atomic mass is 10.2. The van der Waals surface area contributed by atoms with E-state index in [4.69, 9.17) is 4.74 Å². The number of hydrogen-bond acceptors (Lipinski definition) is 4. The highest BCUT2D eigenvalue weighted by Crippen LogP contribution is 2.28. The number of carbonyl (C=O) groups is 2. The molecule has 0 bridgehead atoms. The molecule has 0 radical (unpaired) electrons. The minimum absolute atomic E-state index is 0.185. The predicted octanol–water partition coefficient (Wildman–Crippen LogP) is 1.14. The number of carbonyl (C=O) groups excluding carboxylic acids is 2. The van der Waals surface area contributed by atoms with E-state index in [9.17, 15) is 9.59 Å². The molecular formula is C12H14N2O3. The molecule has 1 fully saturated rings. The number of nitrogens with zero attached hydrogens (tertiary/aromatic N) is 2. The fraction of sp³-hybridized carbons (Fsp3) is 0.417. The molecule has 0 atom stereocenters. The van der Waals surface area contributed by atoms with Crippen molar-refractivity contribution in [2.75, 3.05) is 14.1 Å². The van der Waals surface area contributed by atoms with Crippen molar-refractivity contribution in [3.8, 4) is 5.75 Å². The Morgan fingerprint density at radius 3 is 2.71 bits per heavy atom. The summed E-state index contributed by atoms with van der Waals surface area (Å²) in [5.41, 5.74) is 0.435. The summed E-state index contributed by atoms with van der Waals surface area (Å²) in [6, 6.07) is 3.21. The predicted molar refractivity (Wildman–Crippen MR) is 61.3 cm³/mol. The first-order valence-electron chi connectivity index (χ1n) is 5.46. The van der Waals surface area contributed by atoms with Crippen LogP contribution in [0.15, 0.2) is 12.1 Å². The van der Waals surface area contributed by atoms with Crippen LogP contribution in [0.1, 0.15) is 33.8 Å². The maximum absolute atomic E-state index is 11.7. The average Bonchev–Trinajstić information content (AvgIpc) is 3.12. The molecule has 90 valence electrons. The van der Waals surface area contributed by atoms with Gasteiger partial charge in [-0.1, -0.05) is 0 Å². The number of pyridine rings is 1. The first-order valence-corrected chi connectivity index (χ1v) is 5.46. The maximum Gasteiger partial charge on any atom is 0.271 e. The number of rotatable bonds is 4. The zero-order valence-electron chi connectivity index (χ0n) is 9.84. The van der Waals surface area contributed by atoms with E-state index >= 15 is 0 Å². The van der Waals surface area contributed by atoms with Crippen LogP contribution >= 0.6 is 0 Å². The minimum Gasteiger partial charge on any atom is -0.488 e. The summed E-state index contributed by atoms with van der Waals surface area (Å²) in [5, 5.41) is 0. The fourth-order valence-electron chi connectivity index (χ4n) is 1.36. The van der Waals surface area contributed by atoms with Gasteiger partial charge >= 0.3 is 0 Å². The van der Waals surface area contributed by atoms with E-state index < -0.39 is 0 Å². The molecule has 0 aromatic carbocycles. The molecule has 0 saturated heterocycles. The summed E-state index contributed by atoms with van der Waals surface area (Å²) < 4.78 is 5.52. The molecule has 0 unspecified atom stereocenters. The molecule has 1 aromatic heterocycles. The van der Waals surface area contributed by atoms with Crippen LogP contribution in [0, 0.1) is 0 Å². The molecule has 5 heteroatoms. The largest absolute Gasteiger partial charge is 0.488 e. The van der Waals surface area contributed by atoms with Crippen molar-refractivity contribution in [3.05, 3.63) is 23.5 Å². The van der Waals surface area contributed by atoms with Crippen LogP contribution in [0.2, 0.25) is 0 Å². The van der Waals surface area contributed by atoms with Gasteiger partial charge < -0.3 is 9.64 Å². The second kappa shape index (κ2) is 4.53. The fourth-order valence-corrected chi connectivity index (χ4v) is 1.36. The van der Waals surface area contributed by atoms with Gasteiger partial charge in [0, 0.05) is 14.1 Å². The van der Waals surface area contributed by atoms with Crippen molar-refractivity contribution < 1.29 is 14.3 Å². The van der Waals surface area contributed by atoms with Crippen LogP contribution in [0.3, 0.4) is 0 Å². The Hall–Kier alpha value is -1.91. The second-order valence-electron chi connectivity index (χ2n) is 4.21. The number of hydrogen-bond donors (Lipinski definition) is 0. The lowest BCUT2D eigenvalue weighted by Crippen LogP contribution is -2.23. The summed E-state index contributed by atoms with van der Waals surface area (Å²) in [5.74, 6) is 0.226. The molecule has 5 nitrogen and oxygen atoms in total. The topological polar surface area (TPSA) is 59.5 Å². The zero-order chi connectivity index (χ0) is 12.4. The molecule has 0 spiro atoms. The number of aldehydes is 1. The van der Waals surface area contributed by atoms with E-state index in [1.54, 1.807) is 26.2 Å². The maximum atomic E-state index is 11.7. The van der Waals surface area contributed by atoms with Crippen LogP contribution in [-0.4, -0.2) is 42.3 Å². The molecule has 1 aromatic rings. The first-order chi connectivity index (χ1) is 8.11. The second-order valence-corrected chi connectivity index (χ2v) is 4.21. The van der Waals surface area contributed by atoms with Crippen LogP contribution in [0.4, 0.5) is 0 Å². The molecule has 17 heavy (non-hydrogen) atoms. The molecule has 0 aliphatic heterocycles. The minimum atomic E-state index is -0.230. The monoisotopic (exact) mass is 234 g/mol. The van der Waals surface area contributed by atoms with Crippen LogP contribution in [-0.2, 0) is 0 Å². The van der Waals surface area contributed by atoms with Crippen LogP contribution in [0.5, 0.6) is 5.75 Å². The number of ether oxygens (including phenoxy) is 1. The van der Waals surface area contributed by atoms with Crippen molar-refractivity contribution in [2.45, 2.75) is 18.9 Å². The van der Waals surface area contributed by atoms with E-state index in [0.717, 1.165) is 12.8 Å². The Labute approximate surface area is 99.4 Å². The highest BCUT2D eigenvalue weighted by Gasteiger charge is 2.25. The number of amides is 1.